The Labute approximate surface area is 221 Å². The van der Waals surface area contributed by atoms with Crippen LogP contribution in [0.4, 0.5) is 15.2 Å². The van der Waals surface area contributed by atoms with E-state index in [-0.39, 0.29) is 40.7 Å². The van der Waals surface area contributed by atoms with E-state index in [1.165, 1.54) is 24.2 Å². The van der Waals surface area contributed by atoms with Crippen LogP contribution in [-0.2, 0) is 11.2 Å². The average molecular weight is 517 g/mol. The average Bonchev–Trinajstić information content (AvgIpc) is 3.46. The second-order valence-electron chi connectivity index (χ2n) is 7.41. The Morgan fingerprint density at radius 1 is 1.24 bits per heavy atom. The molecule has 2 heterocycles. The van der Waals surface area contributed by atoms with Crippen molar-refractivity contribution in [2.75, 3.05) is 23.3 Å². The van der Waals surface area contributed by atoms with E-state index in [4.69, 9.17) is 9.79 Å². The van der Waals surface area contributed by atoms with Crippen molar-refractivity contribution >= 4 is 65.4 Å². The molecule has 0 bridgehead atoms. The molecule has 0 atom stereocenters. The Morgan fingerprint density at radius 3 is 2.65 bits per heavy atom. The monoisotopic (exact) mass is 517 g/mol. The molecule has 34 heavy (non-hydrogen) atoms. The molecule has 0 radical (unpaired) electrons. The number of rotatable bonds is 7. The van der Waals surface area contributed by atoms with Gasteiger partial charge in [-0.2, -0.15) is 0 Å². The molecule has 1 aliphatic heterocycles. The van der Waals surface area contributed by atoms with Crippen molar-refractivity contribution in [3.63, 3.8) is 0 Å². The molecule has 1 saturated heterocycles. The number of amides is 1. The van der Waals surface area contributed by atoms with Gasteiger partial charge in [0.15, 0.2) is 16.7 Å². The zero-order valence-electron chi connectivity index (χ0n) is 17.3. The molecule has 176 valence electrons. The van der Waals surface area contributed by atoms with Crippen LogP contribution in [0.1, 0.15) is 28.8 Å². The third kappa shape index (κ3) is 6.44. The fourth-order valence-electron chi connectivity index (χ4n) is 3.59. The summed E-state index contributed by atoms with van der Waals surface area (Å²) >= 11 is 1.25. The molecular formula is C21H22FN3NaO6PS. The van der Waals surface area contributed by atoms with Crippen LogP contribution in [-0.4, -0.2) is 68.4 Å². The summed E-state index contributed by atoms with van der Waals surface area (Å²) in [5, 5.41) is 12.3. The summed E-state index contributed by atoms with van der Waals surface area (Å²) in [6.07, 6.45) is 3.98. The second-order valence-corrected chi connectivity index (χ2v) is 9.61. The van der Waals surface area contributed by atoms with Gasteiger partial charge in [-0.3, -0.25) is 19.9 Å². The number of hydrogen-bond donors (Lipinski definition) is 4. The minimum atomic E-state index is -5.05. The number of aromatic nitrogens is 1. The Balaban J connectivity index is 0.00000324. The molecule has 2 aromatic carbocycles. The number of carbonyl (C=O) groups is 1. The maximum absolute atomic E-state index is 14.3. The summed E-state index contributed by atoms with van der Waals surface area (Å²) in [7, 11) is -5.05. The molecule has 4 rings (SSSR count). The van der Waals surface area contributed by atoms with Crippen molar-refractivity contribution in [3.05, 3.63) is 59.5 Å². The number of phosphoric ester groups is 1. The van der Waals surface area contributed by atoms with Crippen molar-refractivity contribution in [2.24, 2.45) is 0 Å². The van der Waals surface area contributed by atoms with Gasteiger partial charge < -0.3 is 14.5 Å². The van der Waals surface area contributed by atoms with Crippen LogP contribution in [0.2, 0.25) is 0 Å². The number of thiazole rings is 1. The summed E-state index contributed by atoms with van der Waals surface area (Å²) in [6.45, 7) is 1.26. The van der Waals surface area contributed by atoms with Crippen molar-refractivity contribution in [3.8, 4) is 16.2 Å². The summed E-state index contributed by atoms with van der Waals surface area (Å²) in [6, 6.07) is 9.94. The predicted octanol–water partition coefficient (Wildman–Crippen LogP) is 3.12. The van der Waals surface area contributed by atoms with E-state index in [0.29, 0.717) is 5.13 Å². The number of carbonyl (C=O) groups excluding carboxylic acids is 1. The van der Waals surface area contributed by atoms with Crippen LogP contribution in [0.15, 0.2) is 42.6 Å². The van der Waals surface area contributed by atoms with Gasteiger partial charge >= 0.3 is 37.4 Å². The van der Waals surface area contributed by atoms with Gasteiger partial charge in [-0.05, 0) is 42.7 Å². The van der Waals surface area contributed by atoms with E-state index in [0.717, 1.165) is 41.4 Å². The van der Waals surface area contributed by atoms with Crippen molar-refractivity contribution in [1.29, 1.82) is 0 Å². The van der Waals surface area contributed by atoms with Gasteiger partial charge in [0.2, 0.25) is 0 Å². The molecule has 1 aliphatic rings. The number of halogens is 1. The molecule has 13 heteroatoms. The summed E-state index contributed by atoms with van der Waals surface area (Å²) in [5.41, 5.74) is 1.66. The molecule has 0 unspecified atom stereocenters. The maximum atomic E-state index is 14.3. The summed E-state index contributed by atoms with van der Waals surface area (Å²) in [4.78, 5) is 37.8. The molecule has 1 amide bonds. The van der Waals surface area contributed by atoms with Gasteiger partial charge in [0.05, 0.1) is 11.5 Å². The zero-order chi connectivity index (χ0) is 23.6. The summed E-state index contributed by atoms with van der Waals surface area (Å²) in [5.74, 6) is -2.69. The first-order chi connectivity index (χ1) is 15.7. The number of anilines is 2. The first-order valence-corrected chi connectivity index (χ1v) is 12.4. The fourth-order valence-corrected chi connectivity index (χ4v) is 4.84. The van der Waals surface area contributed by atoms with Crippen LogP contribution in [0.5, 0.6) is 5.75 Å². The van der Waals surface area contributed by atoms with Gasteiger partial charge in [0.25, 0.3) is 5.91 Å². The quantitative estimate of drug-likeness (QED) is 0.278. The van der Waals surface area contributed by atoms with Crippen LogP contribution in [0.3, 0.4) is 0 Å². The number of aliphatic hydroxyl groups excluding tert-OH is 1. The predicted molar refractivity (Wildman–Crippen MR) is 129 cm³/mol. The Bertz CT molecular complexity index is 1230. The number of phosphoric acid groups is 1. The van der Waals surface area contributed by atoms with Crippen LogP contribution >= 0.6 is 19.2 Å². The van der Waals surface area contributed by atoms with Gasteiger partial charge in [-0.1, -0.05) is 23.5 Å². The van der Waals surface area contributed by atoms with E-state index in [9.17, 15) is 18.9 Å². The first kappa shape index (κ1) is 26.8. The SMILES string of the molecule is O=C(Nc1ncc(-c2cccc(N3CCCC3)c2)s1)c1cc(F)c(OP(=O)(O)O)c(CO)c1.[NaH]. The van der Waals surface area contributed by atoms with Crippen molar-refractivity contribution < 1.29 is 33.2 Å². The van der Waals surface area contributed by atoms with Crippen LogP contribution in [0, 0.1) is 5.82 Å². The number of nitrogens with zero attached hydrogens (tertiary/aromatic N) is 2. The number of aliphatic hydroxyl groups is 1. The molecule has 4 N–H and O–H groups in total. The Morgan fingerprint density at radius 2 is 1.97 bits per heavy atom. The topological polar surface area (TPSA) is 132 Å². The molecule has 0 aliphatic carbocycles. The minimum absolute atomic E-state index is 0. The van der Waals surface area contributed by atoms with Gasteiger partial charge in [0, 0.05) is 36.1 Å². The number of benzene rings is 2. The normalized spacial score (nSPS) is 13.5. The van der Waals surface area contributed by atoms with Gasteiger partial charge in [0.1, 0.15) is 0 Å². The van der Waals surface area contributed by atoms with E-state index >= 15 is 0 Å². The molecule has 9 nitrogen and oxygen atoms in total. The molecule has 3 aromatic rings. The van der Waals surface area contributed by atoms with E-state index < -0.39 is 31.9 Å². The van der Waals surface area contributed by atoms with Crippen LogP contribution < -0.4 is 14.7 Å². The van der Waals surface area contributed by atoms with Crippen LogP contribution in [0.25, 0.3) is 10.4 Å². The van der Waals surface area contributed by atoms with Gasteiger partial charge in [-0.25, -0.2) is 13.9 Å². The van der Waals surface area contributed by atoms with E-state index in [1.807, 2.05) is 12.1 Å². The first-order valence-electron chi connectivity index (χ1n) is 10.0. The van der Waals surface area contributed by atoms with Crippen molar-refractivity contribution in [1.82, 2.24) is 4.98 Å². The Hall–Kier alpha value is -1.82. The second kappa shape index (κ2) is 11.3. The fraction of sp³-hybridized carbons (Fsp3) is 0.238. The third-order valence-electron chi connectivity index (χ3n) is 5.09. The molecule has 1 fully saturated rings. The zero-order valence-corrected chi connectivity index (χ0v) is 19.0. The standard InChI is InChI=1S/C21H21FN3O6PS.Na.H/c22-17-10-14(8-15(12-26)19(17)31-32(28,29)30)20(27)24-21-23-11-18(33-21)13-4-3-5-16(9-13)25-6-1-2-7-25;;/h3-5,8-11,26H,1-2,6-7,12H2,(H,23,24,27)(H2,28,29,30);;. The molecular weight excluding hydrogens is 495 g/mol. The van der Waals surface area contributed by atoms with E-state index in [2.05, 4.69) is 31.9 Å². The molecule has 1 aromatic heterocycles. The Kier molecular flexibility index (Phi) is 8.88. The third-order valence-corrected chi connectivity index (χ3v) is 6.47. The van der Waals surface area contributed by atoms with Gasteiger partial charge in [-0.15, -0.1) is 0 Å². The number of nitrogens with one attached hydrogen (secondary N) is 1. The van der Waals surface area contributed by atoms with Crippen molar-refractivity contribution in [2.45, 2.75) is 19.4 Å². The molecule has 0 spiro atoms. The number of hydrogen-bond acceptors (Lipinski definition) is 7. The van der Waals surface area contributed by atoms with E-state index in [1.54, 1.807) is 6.20 Å². The molecule has 0 saturated carbocycles. The summed E-state index contributed by atoms with van der Waals surface area (Å²) < 4.78 is 29.7.